The third-order valence-corrected chi connectivity index (χ3v) is 2.45. The number of aliphatic hydroxyl groups excluding tert-OH is 1. The zero-order chi connectivity index (χ0) is 11.6. The first-order chi connectivity index (χ1) is 7.84. The summed E-state index contributed by atoms with van der Waals surface area (Å²) in [4.78, 5) is 0. The van der Waals surface area contributed by atoms with Crippen LogP contribution in [0.4, 0.5) is 0 Å². The lowest BCUT2D eigenvalue weighted by Gasteiger charge is -2.11. The SMILES string of the molecule is C#CCCCCNCC(O)c1ccccc1. The molecule has 0 heterocycles. The first kappa shape index (κ1) is 12.8. The van der Waals surface area contributed by atoms with Gasteiger partial charge in [-0.15, -0.1) is 12.3 Å². The molecular weight excluding hydrogens is 198 g/mol. The van der Waals surface area contributed by atoms with Crippen LogP contribution in [0.1, 0.15) is 30.9 Å². The van der Waals surface area contributed by atoms with E-state index in [1.807, 2.05) is 30.3 Å². The van der Waals surface area contributed by atoms with Crippen molar-refractivity contribution in [1.82, 2.24) is 5.32 Å². The van der Waals surface area contributed by atoms with Gasteiger partial charge in [0.15, 0.2) is 0 Å². The highest BCUT2D eigenvalue weighted by Crippen LogP contribution is 2.10. The highest BCUT2D eigenvalue weighted by molar-refractivity contribution is 5.17. The van der Waals surface area contributed by atoms with Crippen LogP contribution in [-0.2, 0) is 0 Å². The van der Waals surface area contributed by atoms with Gasteiger partial charge in [0.25, 0.3) is 0 Å². The van der Waals surface area contributed by atoms with Gasteiger partial charge in [0.05, 0.1) is 6.10 Å². The van der Waals surface area contributed by atoms with Crippen molar-refractivity contribution in [2.45, 2.75) is 25.4 Å². The second kappa shape index (κ2) is 7.92. The van der Waals surface area contributed by atoms with Crippen molar-refractivity contribution in [2.75, 3.05) is 13.1 Å². The van der Waals surface area contributed by atoms with Crippen LogP contribution in [-0.4, -0.2) is 18.2 Å². The molecule has 0 aromatic heterocycles. The summed E-state index contributed by atoms with van der Waals surface area (Å²) in [6.07, 6.45) is 7.68. The normalized spacial score (nSPS) is 12.0. The molecule has 0 bridgehead atoms. The van der Waals surface area contributed by atoms with E-state index < -0.39 is 6.10 Å². The topological polar surface area (TPSA) is 32.3 Å². The van der Waals surface area contributed by atoms with Crippen LogP contribution in [0.2, 0.25) is 0 Å². The Balaban J connectivity index is 2.12. The van der Waals surface area contributed by atoms with Gasteiger partial charge in [-0.1, -0.05) is 30.3 Å². The Morgan fingerprint density at radius 3 is 2.69 bits per heavy atom. The number of aliphatic hydroxyl groups is 1. The van der Waals surface area contributed by atoms with Crippen LogP contribution >= 0.6 is 0 Å². The second-order valence-corrected chi connectivity index (χ2v) is 3.79. The molecule has 1 atom stereocenters. The molecule has 0 saturated heterocycles. The molecule has 0 amide bonds. The van der Waals surface area contributed by atoms with Gasteiger partial charge < -0.3 is 10.4 Å². The van der Waals surface area contributed by atoms with Gasteiger partial charge in [-0.25, -0.2) is 0 Å². The molecule has 1 aromatic carbocycles. The minimum absolute atomic E-state index is 0.422. The molecule has 1 unspecified atom stereocenters. The molecular formula is C14H19NO. The van der Waals surface area contributed by atoms with Crippen molar-refractivity contribution < 1.29 is 5.11 Å². The van der Waals surface area contributed by atoms with Crippen LogP contribution in [0, 0.1) is 12.3 Å². The van der Waals surface area contributed by atoms with Crippen molar-refractivity contribution in [3.8, 4) is 12.3 Å². The predicted octanol–water partition coefficient (Wildman–Crippen LogP) is 2.11. The lowest BCUT2D eigenvalue weighted by Crippen LogP contribution is -2.22. The maximum atomic E-state index is 9.83. The number of terminal acetylenes is 1. The highest BCUT2D eigenvalue weighted by Gasteiger charge is 2.04. The summed E-state index contributed by atoms with van der Waals surface area (Å²) in [6, 6.07) is 9.69. The van der Waals surface area contributed by atoms with E-state index in [0.29, 0.717) is 6.54 Å². The monoisotopic (exact) mass is 217 g/mol. The molecule has 2 nitrogen and oxygen atoms in total. The van der Waals surface area contributed by atoms with E-state index in [9.17, 15) is 5.11 Å². The van der Waals surface area contributed by atoms with Crippen LogP contribution in [0.25, 0.3) is 0 Å². The van der Waals surface area contributed by atoms with Gasteiger partial charge in [-0.05, 0) is 24.9 Å². The molecule has 1 rings (SSSR count). The van der Waals surface area contributed by atoms with Crippen molar-refractivity contribution >= 4 is 0 Å². The molecule has 86 valence electrons. The molecule has 0 saturated carbocycles. The summed E-state index contributed by atoms with van der Waals surface area (Å²) in [7, 11) is 0. The zero-order valence-electron chi connectivity index (χ0n) is 9.52. The highest BCUT2D eigenvalue weighted by atomic mass is 16.3. The third-order valence-electron chi connectivity index (χ3n) is 2.45. The molecule has 0 spiro atoms. The summed E-state index contributed by atoms with van der Waals surface area (Å²) in [5, 5.41) is 13.1. The number of benzene rings is 1. The minimum Gasteiger partial charge on any atom is -0.387 e. The van der Waals surface area contributed by atoms with Gasteiger partial charge in [0.2, 0.25) is 0 Å². The third kappa shape index (κ3) is 4.97. The Bertz CT molecular complexity index is 315. The molecule has 16 heavy (non-hydrogen) atoms. The molecule has 0 fully saturated rings. The van der Waals surface area contributed by atoms with E-state index in [1.54, 1.807) is 0 Å². The molecule has 0 aliphatic heterocycles. The maximum Gasteiger partial charge on any atom is 0.0914 e. The van der Waals surface area contributed by atoms with Gasteiger partial charge >= 0.3 is 0 Å². The van der Waals surface area contributed by atoms with Crippen molar-refractivity contribution in [2.24, 2.45) is 0 Å². The first-order valence-electron chi connectivity index (χ1n) is 5.72. The Morgan fingerprint density at radius 1 is 1.25 bits per heavy atom. The number of unbranched alkanes of at least 4 members (excludes halogenated alkanes) is 2. The van der Waals surface area contributed by atoms with E-state index in [0.717, 1.165) is 31.4 Å². The Morgan fingerprint density at radius 2 is 2.00 bits per heavy atom. The fraction of sp³-hybridized carbons (Fsp3) is 0.429. The van der Waals surface area contributed by atoms with Gasteiger partial charge in [0, 0.05) is 13.0 Å². The molecule has 0 aliphatic rings. The van der Waals surface area contributed by atoms with Crippen LogP contribution < -0.4 is 5.32 Å². The fourth-order valence-corrected chi connectivity index (χ4v) is 1.51. The Labute approximate surface area is 97.7 Å². The maximum absolute atomic E-state index is 9.83. The van der Waals surface area contributed by atoms with Gasteiger partial charge in [-0.2, -0.15) is 0 Å². The first-order valence-corrected chi connectivity index (χ1v) is 5.72. The number of hydrogen-bond acceptors (Lipinski definition) is 2. The quantitative estimate of drug-likeness (QED) is 0.541. The van der Waals surface area contributed by atoms with E-state index in [2.05, 4.69) is 11.2 Å². The number of hydrogen-bond donors (Lipinski definition) is 2. The summed E-state index contributed by atoms with van der Waals surface area (Å²) < 4.78 is 0. The lowest BCUT2D eigenvalue weighted by atomic mass is 10.1. The van der Waals surface area contributed by atoms with Gasteiger partial charge in [-0.3, -0.25) is 0 Å². The number of nitrogens with one attached hydrogen (secondary N) is 1. The van der Waals surface area contributed by atoms with E-state index in [-0.39, 0.29) is 0 Å². The average molecular weight is 217 g/mol. The summed E-state index contributed by atoms with van der Waals surface area (Å²) in [5.74, 6) is 2.62. The van der Waals surface area contributed by atoms with Crippen LogP contribution in [0.5, 0.6) is 0 Å². The molecule has 2 heteroatoms. The van der Waals surface area contributed by atoms with Crippen molar-refractivity contribution in [3.05, 3.63) is 35.9 Å². The molecule has 1 aromatic rings. The molecule has 0 aliphatic carbocycles. The van der Waals surface area contributed by atoms with Crippen LogP contribution in [0.3, 0.4) is 0 Å². The fourth-order valence-electron chi connectivity index (χ4n) is 1.51. The molecule has 0 radical (unpaired) electrons. The summed E-state index contributed by atoms with van der Waals surface area (Å²) in [6.45, 7) is 1.51. The number of rotatable bonds is 7. The van der Waals surface area contributed by atoms with E-state index in [4.69, 9.17) is 6.42 Å². The largest absolute Gasteiger partial charge is 0.387 e. The minimum atomic E-state index is -0.422. The van der Waals surface area contributed by atoms with E-state index >= 15 is 0 Å². The predicted molar refractivity (Wildman–Crippen MR) is 67.0 cm³/mol. The Hall–Kier alpha value is -1.30. The zero-order valence-corrected chi connectivity index (χ0v) is 9.52. The Kier molecular flexibility index (Phi) is 6.32. The average Bonchev–Trinajstić information content (AvgIpc) is 2.34. The van der Waals surface area contributed by atoms with E-state index in [1.165, 1.54) is 0 Å². The van der Waals surface area contributed by atoms with Crippen molar-refractivity contribution in [1.29, 1.82) is 0 Å². The lowest BCUT2D eigenvalue weighted by molar-refractivity contribution is 0.175. The standard InChI is InChI=1S/C14H19NO/c1-2-3-4-8-11-15-12-14(16)13-9-6-5-7-10-13/h1,5-7,9-10,14-16H,3-4,8,11-12H2. The smallest absolute Gasteiger partial charge is 0.0914 e. The second-order valence-electron chi connectivity index (χ2n) is 3.79. The summed E-state index contributed by atoms with van der Waals surface area (Å²) in [5.41, 5.74) is 0.957. The van der Waals surface area contributed by atoms with Crippen molar-refractivity contribution in [3.63, 3.8) is 0 Å². The summed E-state index contributed by atoms with van der Waals surface area (Å²) >= 11 is 0. The molecule has 2 N–H and O–H groups in total. The van der Waals surface area contributed by atoms with Gasteiger partial charge in [0.1, 0.15) is 0 Å². The van der Waals surface area contributed by atoms with Crippen LogP contribution in [0.15, 0.2) is 30.3 Å².